The molecule has 0 aliphatic carbocycles. The fourth-order valence-electron chi connectivity index (χ4n) is 7.76. The van der Waals surface area contributed by atoms with Gasteiger partial charge < -0.3 is 19.1 Å². The molecule has 0 bridgehead atoms. The molecule has 0 spiro atoms. The minimum Gasteiger partial charge on any atom is -0.356 e. The Morgan fingerprint density at radius 3 is 2.58 bits per heavy atom. The zero-order valence-corrected chi connectivity index (χ0v) is 30.6. The van der Waals surface area contributed by atoms with E-state index >= 15 is 0 Å². The van der Waals surface area contributed by atoms with Gasteiger partial charge in [-0.3, -0.25) is 19.7 Å². The van der Waals surface area contributed by atoms with E-state index < -0.39 is 4.92 Å². The predicted molar refractivity (Wildman–Crippen MR) is 207 cm³/mol. The lowest BCUT2D eigenvalue weighted by Gasteiger charge is -2.29. The van der Waals surface area contributed by atoms with E-state index in [1.54, 1.807) is 45.8 Å². The largest absolute Gasteiger partial charge is 0.356 e. The number of nitrogens with zero attached hydrogens (tertiary/aromatic N) is 7. The van der Waals surface area contributed by atoms with Gasteiger partial charge in [0.05, 0.1) is 40.4 Å². The van der Waals surface area contributed by atoms with Crippen molar-refractivity contribution >= 4 is 34.1 Å². The summed E-state index contributed by atoms with van der Waals surface area (Å²) < 4.78 is 9.74. The van der Waals surface area contributed by atoms with Crippen LogP contribution in [0.3, 0.4) is 0 Å². The summed E-state index contributed by atoms with van der Waals surface area (Å²) in [5.41, 5.74) is 6.78. The molecule has 0 N–H and O–H groups in total. The first-order valence-corrected chi connectivity index (χ1v) is 18.4. The molecule has 12 heteroatoms. The molecule has 276 valence electrons. The number of carbonyl (C=O) groups excluding carboxylic acids is 2. The number of benzene rings is 4. The molecule has 12 nitrogen and oxygen atoms in total. The van der Waals surface area contributed by atoms with Crippen molar-refractivity contribution in [3.05, 3.63) is 146 Å². The predicted octanol–water partition coefficient (Wildman–Crippen LogP) is 7.87. The Labute approximate surface area is 317 Å². The molecule has 0 saturated carbocycles. The Balaban J connectivity index is 1.21. The topological polar surface area (TPSA) is 140 Å². The maximum atomic E-state index is 15.0. The summed E-state index contributed by atoms with van der Waals surface area (Å²) in [6, 6.07) is 29.2. The van der Waals surface area contributed by atoms with E-state index in [-0.39, 0.29) is 30.3 Å². The Hall–Kier alpha value is -6.58. The zero-order chi connectivity index (χ0) is 38.2. The van der Waals surface area contributed by atoms with E-state index in [0.717, 1.165) is 35.7 Å². The Kier molecular flexibility index (Phi) is 9.46. The van der Waals surface area contributed by atoms with Gasteiger partial charge in [0.2, 0.25) is 0 Å². The van der Waals surface area contributed by atoms with E-state index in [4.69, 9.17) is 4.74 Å². The molecule has 1 fully saturated rings. The minimum atomic E-state index is -0.482. The molecule has 1 atom stereocenters. The van der Waals surface area contributed by atoms with Gasteiger partial charge in [-0.15, -0.1) is 0 Å². The number of anilines is 1. The van der Waals surface area contributed by atoms with Crippen molar-refractivity contribution in [2.45, 2.75) is 51.9 Å². The van der Waals surface area contributed by atoms with Gasteiger partial charge in [0.1, 0.15) is 0 Å². The summed E-state index contributed by atoms with van der Waals surface area (Å²) in [4.78, 5) is 44.2. The van der Waals surface area contributed by atoms with Gasteiger partial charge in [0.25, 0.3) is 17.5 Å². The van der Waals surface area contributed by atoms with Crippen molar-refractivity contribution < 1.29 is 19.2 Å². The van der Waals surface area contributed by atoms with Crippen LogP contribution in [-0.2, 0) is 31.3 Å². The standard InChI is InChI=1S/C43H39N7O5/c1-28-37(23-40(46(28)2)38-21-35(50(53)54)16-17-36(38)42(51)47-19-18-29-9-3-5-11-32(29)26-47)43(52)48(27-33-12-6-4-10-30(33)24-44)34-15-14-31-25-45-49(39(31)22-34)41-13-7-8-20-55-41/h3-6,9-12,14-17,21-23,25,41H,7-8,13,18-20,26-27H2,1-2H3. The summed E-state index contributed by atoms with van der Waals surface area (Å²) in [5, 5.41) is 27.6. The van der Waals surface area contributed by atoms with E-state index in [9.17, 15) is 25.0 Å². The maximum absolute atomic E-state index is 15.0. The number of aromatic nitrogens is 3. The highest BCUT2D eigenvalue weighted by molar-refractivity contribution is 6.09. The summed E-state index contributed by atoms with van der Waals surface area (Å²) in [6.07, 6.45) is 5.15. The Morgan fingerprint density at radius 2 is 1.80 bits per heavy atom. The first kappa shape index (κ1) is 35.4. The first-order chi connectivity index (χ1) is 26.7. The van der Waals surface area contributed by atoms with Crippen LogP contribution in [0.1, 0.15) is 74.2 Å². The number of amides is 2. The van der Waals surface area contributed by atoms with E-state index in [1.165, 1.54) is 23.8 Å². The van der Waals surface area contributed by atoms with Crippen LogP contribution in [0.2, 0.25) is 0 Å². The summed E-state index contributed by atoms with van der Waals surface area (Å²) in [5.74, 6) is -0.579. The van der Waals surface area contributed by atoms with Crippen molar-refractivity contribution in [3.63, 3.8) is 0 Å². The highest BCUT2D eigenvalue weighted by Gasteiger charge is 2.30. The molecule has 55 heavy (non-hydrogen) atoms. The molecule has 4 heterocycles. The lowest BCUT2D eigenvalue weighted by molar-refractivity contribution is -0.384. The van der Waals surface area contributed by atoms with Crippen molar-refractivity contribution in [3.8, 4) is 17.3 Å². The van der Waals surface area contributed by atoms with Gasteiger partial charge in [-0.2, -0.15) is 10.4 Å². The van der Waals surface area contributed by atoms with Gasteiger partial charge in [0.15, 0.2) is 6.23 Å². The Morgan fingerprint density at radius 1 is 1.00 bits per heavy atom. The number of carbonyl (C=O) groups is 2. The molecule has 1 unspecified atom stereocenters. The molecule has 6 aromatic rings. The van der Waals surface area contributed by atoms with Gasteiger partial charge in [0, 0.05) is 72.5 Å². The third-order valence-corrected chi connectivity index (χ3v) is 10.9. The summed E-state index contributed by atoms with van der Waals surface area (Å²) in [7, 11) is 1.79. The van der Waals surface area contributed by atoms with E-state index in [1.807, 2.05) is 60.1 Å². The van der Waals surface area contributed by atoms with Crippen molar-refractivity contribution in [1.82, 2.24) is 19.2 Å². The number of rotatable bonds is 8. The third-order valence-electron chi connectivity index (χ3n) is 10.9. The van der Waals surface area contributed by atoms with Crippen LogP contribution in [0, 0.1) is 28.4 Å². The van der Waals surface area contributed by atoms with Crippen LogP contribution in [0.4, 0.5) is 11.4 Å². The lowest BCUT2D eigenvalue weighted by Crippen LogP contribution is -2.36. The van der Waals surface area contributed by atoms with Crippen LogP contribution in [-0.4, -0.2) is 49.1 Å². The van der Waals surface area contributed by atoms with Crippen LogP contribution >= 0.6 is 0 Å². The Bertz CT molecular complexity index is 2520. The normalized spacial score (nSPS) is 15.4. The van der Waals surface area contributed by atoms with E-state index in [0.29, 0.717) is 71.0 Å². The van der Waals surface area contributed by atoms with Crippen LogP contribution in [0.25, 0.3) is 22.2 Å². The molecule has 2 aliphatic rings. The number of non-ortho nitro benzene ring substituents is 1. The molecule has 2 amide bonds. The molecule has 2 aromatic heterocycles. The fraction of sp³-hybridized carbons (Fsp3) is 0.256. The second-order valence-electron chi connectivity index (χ2n) is 14.1. The average Bonchev–Trinajstić information content (AvgIpc) is 3.78. The van der Waals surface area contributed by atoms with Crippen molar-refractivity contribution in [2.24, 2.45) is 7.05 Å². The van der Waals surface area contributed by atoms with Gasteiger partial charge in [-0.05, 0) is 85.7 Å². The molecule has 1 saturated heterocycles. The maximum Gasteiger partial charge on any atom is 0.270 e. The second kappa shape index (κ2) is 14.7. The third kappa shape index (κ3) is 6.64. The average molecular weight is 734 g/mol. The van der Waals surface area contributed by atoms with Crippen molar-refractivity contribution in [2.75, 3.05) is 18.1 Å². The number of ether oxygens (including phenoxy) is 1. The first-order valence-electron chi connectivity index (χ1n) is 18.4. The number of hydrogen-bond acceptors (Lipinski definition) is 7. The monoisotopic (exact) mass is 733 g/mol. The van der Waals surface area contributed by atoms with E-state index in [2.05, 4.69) is 17.2 Å². The smallest absolute Gasteiger partial charge is 0.270 e. The van der Waals surface area contributed by atoms with Crippen molar-refractivity contribution in [1.29, 1.82) is 5.26 Å². The van der Waals surface area contributed by atoms with Gasteiger partial charge in [-0.25, -0.2) is 4.68 Å². The number of fused-ring (bicyclic) bond motifs is 2. The molecular formula is C43H39N7O5. The van der Waals surface area contributed by atoms with Gasteiger partial charge >= 0.3 is 0 Å². The molecule has 2 aliphatic heterocycles. The SMILES string of the molecule is Cc1c(C(=O)N(Cc2ccccc2C#N)c2ccc3cnn(C4CCCCO4)c3c2)cc(-c2cc([N+](=O)[O-])ccc2C(=O)N2CCc3ccccc3C2)n1C. The molecule has 0 radical (unpaired) electrons. The van der Waals surface area contributed by atoms with Crippen LogP contribution in [0.5, 0.6) is 0 Å². The molecule has 8 rings (SSSR count). The highest BCUT2D eigenvalue weighted by Crippen LogP contribution is 2.35. The highest BCUT2D eigenvalue weighted by atomic mass is 16.6. The number of nitro benzene ring substituents is 1. The van der Waals surface area contributed by atoms with Gasteiger partial charge in [-0.1, -0.05) is 42.5 Å². The van der Waals surface area contributed by atoms with Crippen LogP contribution < -0.4 is 4.90 Å². The minimum absolute atomic E-state index is 0.1000. The van der Waals surface area contributed by atoms with Crippen LogP contribution in [0.15, 0.2) is 97.2 Å². The lowest BCUT2D eigenvalue weighted by atomic mass is 9.97. The molecular weight excluding hydrogens is 695 g/mol. The number of hydrogen-bond donors (Lipinski definition) is 0. The summed E-state index contributed by atoms with van der Waals surface area (Å²) >= 11 is 0. The number of nitriles is 1. The fourth-order valence-corrected chi connectivity index (χ4v) is 7.76. The zero-order valence-electron chi connectivity index (χ0n) is 30.6. The molecule has 4 aromatic carbocycles. The quantitative estimate of drug-likeness (QED) is 0.115. The summed E-state index contributed by atoms with van der Waals surface area (Å²) in [6.45, 7) is 3.51. The number of nitro groups is 1. The second-order valence-corrected chi connectivity index (χ2v) is 14.1.